The molecule has 13 nitrogen and oxygen atoms in total. The molecule has 5 aromatic rings. The van der Waals surface area contributed by atoms with Crippen molar-refractivity contribution in [2.45, 2.75) is 52.0 Å². The van der Waals surface area contributed by atoms with Crippen LogP contribution >= 0.6 is 11.3 Å². The Balaban J connectivity index is 1.70. The molecule has 5 rings (SSSR count). The molecule has 15 heteroatoms. The van der Waals surface area contributed by atoms with Gasteiger partial charge in [0, 0.05) is 17.5 Å². The average molecular weight is 665 g/mol. The number of hydrogen-bond acceptors (Lipinski definition) is 10. The van der Waals surface area contributed by atoms with E-state index in [4.69, 9.17) is 19.9 Å². The zero-order chi connectivity index (χ0) is 33.9. The summed E-state index contributed by atoms with van der Waals surface area (Å²) in [6, 6.07) is 12.8. The van der Waals surface area contributed by atoms with Crippen molar-refractivity contribution in [1.29, 1.82) is 0 Å². The molecular formula is C32H33FN6O7S. The highest BCUT2D eigenvalue weighted by Crippen LogP contribution is 2.34. The molecule has 47 heavy (non-hydrogen) atoms. The molecule has 3 aromatic heterocycles. The number of rotatable bonds is 13. The van der Waals surface area contributed by atoms with Gasteiger partial charge in [-0.05, 0) is 44.5 Å². The van der Waals surface area contributed by atoms with Gasteiger partial charge in [-0.1, -0.05) is 41.7 Å². The van der Waals surface area contributed by atoms with Gasteiger partial charge in [0.2, 0.25) is 5.91 Å². The minimum atomic E-state index is -1.77. The van der Waals surface area contributed by atoms with Gasteiger partial charge in [0.05, 0.1) is 38.0 Å². The van der Waals surface area contributed by atoms with Crippen LogP contribution in [0.5, 0.6) is 5.75 Å². The van der Waals surface area contributed by atoms with Crippen LogP contribution in [0, 0.1) is 12.7 Å². The number of methoxy groups -OCH3 is 1. The van der Waals surface area contributed by atoms with Crippen LogP contribution in [0.1, 0.15) is 43.1 Å². The van der Waals surface area contributed by atoms with Gasteiger partial charge in [0.1, 0.15) is 39.6 Å². The molecule has 0 unspecified atom stereocenters. The van der Waals surface area contributed by atoms with Crippen molar-refractivity contribution in [3.8, 4) is 10.8 Å². The van der Waals surface area contributed by atoms with Crippen LogP contribution in [0.4, 0.5) is 4.39 Å². The Morgan fingerprint density at radius 2 is 1.79 bits per heavy atom. The van der Waals surface area contributed by atoms with E-state index in [2.05, 4.69) is 10.2 Å². The first-order chi connectivity index (χ1) is 22.4. The number of nitrogens with zero attached hydrogens (tertiary/aromatic N) is 5. The van der Waals surface area contributed by atoms with Gasteiger partial charge in [0.15, 0.2) is 0 Å². The van der Waals surface area contributed by atoms with Gasteiger partial charge in [-0.3, -0.25) is 14.2 Å². The number of carbonyl (C=O) groups excluding carboxylic acids is 2. The molecule has 3 heterocycles. The summed E-state index contributed by atoms with van der Waals surface area (Å²) in [5, 5.41) is 9.00. The number of halogens is 1. The van der Waals surface area contributed by atoms with E-state index in [1.165, 1.54) is 60.9 Å². The highest BCUT2D eigenvalue weighted by Gasteiger charge is 2.37. The minimum Gasteiger partial charge on any atom is -0.496 e. The van der Waals surface area contributed by atoms with E-state index >= 15 is 0 Å². The summed E-state index contributed by atoms with van der Waals surface area (Å²) >= 11 is 1.09. The largest absolute Gasteiger partial charge is 0.496 e. The summed E-state index contributed by atoms with van der Waals surface area (Å²) in [5.41, 5.74) is 3.45. The van der Waals surface area contributed by atoms with Gasteiger partial charge in [-0.15, -0.1) is 4.80 Å². The highest BCUT2D eigenvalue weighted by molar-refractivity contribution is 7.21. The van der Waals surface area contributed by atoms with Crippen LogP contribution in [-0.4, -0.2) is 49.7 Å². The number of esters is 1. The SMILES string of the molecule is COc1ccc(F)cc1[C@H](Cn1c(=O)n(C(C)(C)C(=O)OCc2ccccc2)c(=O)c2c(C)c(-n3nccn3)sc21)OCCC(N)=O. The number of primary amides is 1. The van der Waals surface area contributed by atoms with Gasteiger partial charge >= 0.3 is 11.7 Å². The highest BCUT2D eigenvalue weighted by atomic mass is 32.1. The predicted molar refractivity (Wildman–Crippen MR) is 171 cm³/mol. The molecule has 1 atom stereocenters. The molecule has 1 amide bonds. The average Bonchev–Trinajstić information content (AvgIpc) is 3.69. The van der Waals surface area contributed by atoms with Crippen molar-refractivity contribution in [2.75, 3.05) is 13.7 Å². The van der Waals surface area contributed by atoms with Crippen LogP contribution < -0.4 is 21.7 Å². The molecule has 2 aromatic carbocycles. The lowest BCUT2D eigenvalue weighted by Gasteiger charge is -2.27. The molecule has 0 aliphatic heterocycles. The second-order valence-electron chi connectivity index (χ2n) is 11.1. The van der Waals surface area contributed by atoms with Crippen molar-refractivity contribution in [2.24, 2.45) is 5.73 Å². The predicted octanol–water partition coefficient (Wildman–Crippen LogP) is 3.37. The molecule has 0 saturated carbocycles. The fourth-order valence-electron chi connectivity index (χ4n) is 5.16. The number of thiophene rings is 1. The van der Waals surface area contributed by atoms with Crippen LogP contribution in [-0.2, 0) is 37.8 Å². The molecular weight excluding hydrogens is 631 g/mol. The van der Waals surface area contributed by atoms with Gasteiger partial charge in [-0.25, -0.2) is 18.5 Å². The molecule has 0 aliphatic rings. The van der Waals surface area contributed by atoms with E-state index in [0.29, 0.717) is 10.6 Å². The van der Waals surface area contributed by atoms with Crippen molar-refractivity contribution in [1.82, 2.24) is 24.1 Å². The van der Waals surface area contributed by atoms with Crippen LogP contribution in [0.3, 0.4) is 0 Å². The van der Waals surface area contributed by atoms with Gasteiger partial charge in [0.25, 0.3) is 5.56 Å². The third-order valence-corrected chi connectivity index (χ3v) is 8.89. The first kappa shape index (κ1) is 33.2. The lowest BCUT2D eigenvalue weighted by molar-refractivity contribution is -0.154. The number of fused-ring (bicyclic) bond motifs is 1. The maximum atomic E-state index is 14.6. The van der Waals surface area contributed by atoms with Crippen molar-refractivity contribution in [3.63, 3.8) is 0 Å². The number of amides is 1. The molecule has 0 saturated heterocycles. The van der Waals surface area contributed by atoms with E-state index in [1.807, 2.05) is 6.07 Å². The van der Waals surface area contributed by atoms with E-state index < -0.39 is 40.6 Å². The minimum absolute atomic E-state index is 0.0734. The normalized spacial score (nSPS) is 12.3. The molecule has 0 aliphatic carbocycles. The second kappa shape index (κ2) is 13.7. The maximum absolute atomic E-state index is 14.6. The summed E-state index contributed by atoms with van der Waals surface area (Å²) in [6.45, 7) is 4.04. The number of carbonyl (C=O) groups is 2. The monoisotopic (exact) mass is 664 g/mol. The van der Waals surface area contributed by atoms with Gasteiger partial charge in [-0.2, -0.15) is 10.2 Å². The van der Waals surface area contributed by atoms with E-state index in [0.717, 1.165) is 21.5 Å². The number of ether oxygens (including phenoxy) is 3. The Morgan fingerprint density at radius 3 is 2.45 bits per heavy atom. The van der Waals surface area contributed by atoms with E-state index in [1.54, 1.807) is 31.2 Å². The second-order valence-corrected chi connectivity index (χ2v) is 12.1. The third kappa shape index (κ3) is 6.71. The van der Waals surface area contributed by atoms with E-state index in [-0.39, 0.29) is 47.7 Å². The molecule has 0 spiro atoms. The maximum Gasteiger partial charge on any atom is 0.333 e. The summed E-state index contributed by atoms with van der Waals surface area (Å²) in [6.07, 6.45) is 1.74. The summed E-state index contributed by atoms with van der Waals surface area (Å²) in [4.78, 5) is 55.4. The lowest BCUT2D eigenvalue weighted by Crippen LogP contribution is -2.53. The number of aromatic nitrogens is 5. The Bertz CT molecular complexity index is 2040. The number of benzene rings is 2. The number of aryl methyl sites for hydroxylation is 1. The lowest BCUT2D eigenvalue weighted by atomic mass is 10.0. The number of hydrogen-bond donors (Lipinski definition) is 1. The van der Waals surface area contributed by atoms with Crippen molar-refractivity contribution >= 4 is 33.4 Å². The standard InChI is InChI=1S/C32H33FN6O7S/c1-19-26-27(41)38(32(2,3)30(42)46-18-20-8-6-5-7-9-20)31(43)37(29(26)47-28(19)39-35-13-14-36-39)17-24(45-15-12-25(34)40)22-16-21(33)10-11-23(22)44-4/h5-11,13-14,16,24H,12,15,17-18H2,1-4H3,(H2,34,40)/t24-/m0/s1. The Hall–Kier alpha value is -5.15. The van der Waals surface area contributed by atoms with Crippen molar-refractivity contribution in [3.05, 3.63) is 104 Å². The van der Waals surface area contributed by atoms with Crippen LogP contribution in [0.2, 0.25) is 0 Å². The Kier molecular flexibility index (Phi) is 9.67. The third-order valence-electron chi connectivity index (χ3n) is 7.61. The fourth-order valence-corrected chi connectivity index (χ4v) is 6.38. The molecule has 0 bridgehead atoms. The zero-order valence-corrected chi connectivity index (χ0v) is 27.0. The molecule has 246 valence electrons. The summed E-state index contributed by atoms with van der Waals surface area (Å²) in [7, 11) is 1.40. The van der Waals surface area contributed by atoms with Crippen LogP contribution in [0.15, 0.2) is 70.5 Å². The number of nitrogens with two attached hydrogens (primary N) is 1. The van der Waals surface area contributed by atoms with E-state index in [9.17, 15) is 23.6 Å². The van der Waals surface area contributed by atoms with Crippen LogP contribution in [0.25, 0.3) is 15.2 Å². The topological polar surface area (TPSA) is 163 Å². The summed E-state index contributed by atoms with van der Waals surface area (Å²) < 4.78 is 33.8. The fraction of sp³-hybridized carbons (Fsp3) is 0.312. The zero-order valence-electron chi connectivity index (χ0n) is 26.1. The molecule has 0 radical (unpaired) electrons. The molecule has 0 fully saturated rings. The molecule has 2 N–H and O–H groups in total. The Labute approximate surface area is 271 Å². The summed E-state index contributed by atoms with van der Waals surface area (Å²) in [5.74, 6) is -1.76. The van der Waals surface area contributed by atoms with Gasteiger partial charge < -0.3 is 19.9 Å². The first-order valence-electron chi connectivity index (χ1n) is 14.5. The smallest absolute Gasteiger partial charge is 0.333 e. The quantitative estimate of drug-likeness (QED) is 0.186. The van der Waals surface area contributed by atoms with Crippen molar-refractivity contribution < 1.29 is 28.2 Å². The Morgan fingerprint density at radius 1 is 1.09 bits per heavy atom. The first-order valence-corrected chi connectivity index (χ1v) is 15.4.